The maximum atomic E-state index is 4.01. The van der Waals surface area contributed by atoms with Crippen LogP contribution in [-0.4, -0.2) is 36.6 Å². The second-order valence-corrected chi connectivity index (χ2v) is 7.21. The molecule has 3 fully saturated rings. The SMILES string of the molecule is CCN1CCCC(NC2CCC3CCCCC3C2)C1. The van der Waals surface area contributed by atoms with Gasteiger partial charge in [0.05, 0.1) is 0 Å². The minimum atomic E-state index is 0.777. The van der Waals surface area contributed by atoms with Crippen LogP contribution in [0.5, 0.6) is 0 Å². The summed E-state index contributed by atoms with van der Waals surface area (Å²) in [5, 5.41) is 4.01. The predicted octanol–water partition coefficient (Wildman–Crippen LogP) is 3.42. The highest BCUT2D eigenvalue weighted by molar-refractivity contribution is 4.89. The van der Waals surface area contributed by atoms with Gasteiger partial charge in [0, 0.05) is 18.6 Å². The summed E-state index contributed by atoms with van der Waals surface area (Å²) in [6.45, 7) is 6.15. The van der Waals surface area contributed by atoms with Crippen LogP contribution >= 0.6 is 0 Å². The van der Waals surface area contributed by atoms with Gasteiger partial charge in [0.2, 0.25) is 0 Å². The number of likely N-dealkylation sites (tertiary alicyclic amines) is 1. The number of rotatable bonds is 3. The molecule has 1 saturated heterocycles. The highest BCUT2D eigenvalue weighted by Gasteiger charge is 2.33. The van der Waals surface area contributed by atoms with Crippen LogP contribution in [0.15, 0.2) is 0 Å². The Balaban J connectivity index is 1.47. The molecule has 3 aliphatic rings. The predicted molar refractivity (Wildman–Crippen MR) is 81.4 cm³/mol. The van der Waals surface area contributed by atoms with Crippen molar-refractivity contribution in [3.05, 3.63) is 0 Å². The molecule has 0 bridgehead atoms. The van der Waals surface area contributed by atoms with E-state index in [4.69, 9.17) is 0 Å². The minimum Gasteiger partial charge on any atom is -0.310 e. The van der Waals surface area contributed by atoms with Gasteiger partial charge in [0.15, 0.2) is 0 Å². The van der Waals surface area contributed by atoms with Crippen molar-refractivity contribution in [3.63, 3.8) is 0 Å². The first-order valence-corrected chi connectivity index (χ1v) is 8.83. The zero-order valence-electron chi connectivity index (χ0n) is 12.7. The summed E-state index contributed by atoms with van der Waals surface area (Å²) in [6.07, 6.45) is 13.3. The maximum Gasteiger partial charge on any atom is 0.0198 e. The Labute approximate surface area is 119 Å². The number of fused-ring (bicyclic) bond motifs is 1. The third-order valence-corrected chi connectivity index (χ3v) is 5.96. The molecule has 0 aromatic rings. The van der Waals surface area contributed by atoms with E-state index < -0.39 is 0 Å². The third-order valence-electron chi connectivity index (χ3n) is 5.96. The zero-order valence-corrected chi connectivity index (χ0v) is 12.7. The molecule has 110 valence electrons. The maximum absolute atomic E-state index is 4.01. The van der Waals surface area contributed by atoms with Gasteiger partial charge in [-0.15, -0.1) is 0 Å². The molecule has 2 nitrogen and oxygen atoms in total. The van der Waals surface area contributed by atoms with Gasteiger partial charge < -0.3 is 10.2 Å². The van der Waals surface area contributed by atoms with Crippen molar-refractivity contribution in [1.29, 1.82) is 0 Å². The van der Waals surface area contributed by atoms with Crippen molar-refractivity contribution in [2.24, 2.45) is 11.8 Å². The van der Waals surface area contributed by atoms with Crippen LogP contribution in [0.3, 0.4) is 0 Å². The van der Waals surface area contributed by atoms with Crippen LogP contribution in [0, 0.1) is 11.8 Å². The smallest absolute Gasteiger partial charge is 0.0198 e. The van der Waals surface area contributed by atoms with E-state index in [1.54, 1.807) is 0 Å². The highest BCUT2D eigenvalue weighted by atomic mass is 15.2. The van der Waals surface area contributed by atoms with E-state index in [0.717, 1.165) is 23.9 Å². The van der Waals surface area contributed by atoms with E-state index >= 15 is 0 Å². The summed E-state index contributed by atoms with van der Waals surface area (Å²) in [6, 6.07) is 1.61. The Morgan fingerprint density at radius 2 is 1.74 bits per heavy atom. The third kappa shape index (κ3) is 3.52. The van der Waals surface area contributed by atoms with Crippen LogP contribution in [0.4, 0.5) is 0 Å². The molecule has 19 heavy (non-hydrogen) atoms. The number of nitrogens with zero attached hydrogens (tertiary/aromatic N) is 1. The molecule has 1 N–H and O–H groups in total. The Kier molecular flexibility index (Phi) is 4.81. The molecule has 3 rings (SSSR count). The first-order valence-electron chi connectivity index (χ1n) is 8.83. The fourth-order valence-corrected chi connectivity index (χ4v) is 4.84. The molecule has 0 aromatic heterocycles. The molecule has 4 atom stereocenters. The van der Waals surface area contributed by atoms with E-state index in [1.807, 2.05) is 0 Å². The summed E-state index contributed by atoms with van der Waals surface area (Å²) in [7, 11) is 0. The summed E-state index contributed by atoms with van der Waals surface area (Å²) in [5.41, 5.74) is 0. The standard InChI is InChI=1S/C17H32N2/c1-2-19-11-5-8-17(13-19)18-16-10-9-14-6-3-4-7-15(14)12-16/h14-18H,2-13H2,1H3. The molecule has 2 saturated carbocycles. The van der Waals surface area contributed by atoms with Crippen LogP contribution in [0.25, 0.3) is 0 Å². The topological polar surface area (TPSA) is 15.3 Å². The highest BCUT2D eigenvalue weighted by Crippen LogP contribution is 2.40. The molecule has 1 heterocycles. The first kappa shape index (κ1) is 13.9. The summed E-state index contributed by atoms with van der Waals surface area (Å²) in [5.74, 6) is 2.15. The van der Waals surface area contributed by atoms with Gasteiger partial charge in [0.25, 0.3) is 0 Å². The molecular formula is C17H32N2. The normalized spacial score (nSPS) is 40.9. The van der Waals surface area contributed by atoms with Crippen LogP contribution in [-0.2, 0) is 0 Å². The van der Waals surface area contributed by atoms with Crippen molar-refractivity contribution in [1.82, 2.24) is 10.2 Å². The van der Waals surface area contributed by atoms with Gasteiger partial charge in [-0.2, -0.15) is 0 Å². The van der Waals surface area contributed by atoms with Gasteiger partial charge in [-0.3, -0.25) is 0 Å². The van der Waals surface area contributed by atoms with E-state index in [2.05, 4.69) is 17.1 Å². The van der Waals surface area contributed by atoms with Gasteiger partial charge in [-0.1, -0.05) is 32.6 Å². The Morgan fingerprint density at radius 3 is 2.58 bits per heavy atom. The number of likely N-dealkylation sites (N-methyl/N-ethyl adjacent to an activating group) is 1. The van der Waals surface area contributed by atoms with Crippen LogP contribution < -0.4 is 5.32 Å². The largest absolute Gasteiger partial charge is 0.310 e. The second-order valence-electron chi connectivity index (χ2n) is 7.21. The first-order chi connectivity index (χ1) is 9.35. The summed E-state index contributed by atoms with van der Waals surface area (Å²) >= 11 is 0. The quantitative estimate of drug-likeness (QED) is 0.840. The van der Waals surface area contributed by atoms with Crippen LogP contribution in [0.1, 0.15) is 64.7 Å². The zero-order chi connectivity index (χ0) is 13.1. The van der Waals surface area contributed by atoms with Gasteiger partial charge in [0.1, 0.15) is 0 Å². The van der Waals surface area contributed by atoms with Gasteiger partial charge >= 0.3 is 0 Å². The molecule has 1 aliphatic heterocycles. The molecule has 0 amide bonds. The fourth-order valence-electron chi connectivity index (χ4n) is 4.84. The Bertz CT molecular complexity index is 278. The van der Waals surface area contributed by atoms with Crippen molar-refractivity contribution < 1.29 is 0 Å². The molecule has 2 heteroatoms. The molecule has 4 unspecified atom stereocenters. The fraction of sp³-hybridized carbons (Fsp3) is 1.00. The lowest BCUT2D eigenvalue weighted by atomic mass is 9.69. The van der Waals surface area contributed by atoms with Crippen LogP contribution in [0.2, 0.25) is 0 Å². The number of hydrogen-bond acceptors (Lipinski definition) is 2. The van der Waals surface area contributed by atoms with E-state index in [0.29, 0.717) is 0 Å². The van der Waals surface area contributed by atoms with Gasteiger partial charge in [-0.05, 0) is 57.0 Å². The van der Waals surface area contributed by atoms with E-state index in [-0.39, 0.29) is 0 Å². The molecule has 0 spiro atoms. The summed E-state index contributed by atoms with van der Waals surface area (Å²) < 4.78 is 0. The average molecular weight is 264 g/mol. The summed E-state index contributed by atoms with van der Waals surface area (Å²) in [4.78, 5) is 2.62. The van der Waals surface area contributed by atoms with Crippen molar-refractivity contribution in [2.45, 2.75) is 76.8 Å². The van der Waals surface area contributed by atoms with Crippen molar-refractivity contribution >= 4 is 0 Å². The molecular weight excluding hydrogens is 232 g/mol. The number of nitrogens with one attached hydrogen (secondary N) is 1. The van der Waals surface area contributed by atoms with E-state index in [1.165, 1.54) is 77.4 Å². The monoisotopic (exact) mass is 264 g/mol. The molecule has 2 aliphatic carbocycles. The molecule has 0 aromatic carbocycles. The lowest BCUT2D eigenvalue weighted by Crippen LogP contribution is -2.50. The second kappa shape index (κ2) is 6.58. The number of hydrogen-bond donors (Lipinski definition) is 1. The van der Waals surface area contributed by atoms with Crippen molar-refractivity contribution in [2.75, 3.05) is 19.6 Å². The lowest BCUT2D eigenvalue weighted by molar-refractivity contribution is 0.123. The Morgan fingerprint density at radius 1 is 0.895 bits per heavy atom. The Hall–Kier alpha value is -0.0800. The van der Waals surface area contributed by atoms with Crippen molar-refractivity contribution in [3.8, 4) is 0 Å². The van der Waals surface area contributed by atoms with Gasteiger partial charge in [-0.25, -0.2) is 0 Å². The molecule has 0 radical (unpaired) electrons. The van der Waals surface area contributed by atoms with E-state index in [9.17, 15) is 0 Å². The minimum absolute atomic E-state index is 0.777. The lowest BCUT2D eigenvalue weighted by Gasteiger charge is -2.42. The number of piperidine rings is 1. The average Bonchev–Trinajstić information content (AvgIpc) is 2.47.